The average Bonchev–Trinajstić information content (AvgIpc) is 2.33. The smallest absolute Gasteiger partial charge is 0.147 e. The van der Waals surface area contributed by atoms with E-state index in [0.29, 0.717) is 0 Å². The summed E-state index contributed by atoms with van der Waals surface area (Å²) in [5.74, 6) is 0.936. The lowest BCUT2D eigenvalue weighted by atomic mass is 10.2. The standard InChI is InChI=1S/C14H14Br2N2/c1-3-18(12-6-4-5-10(2)7-12)14-13(16)8-11(15)9-17-14/h4-9H,3H2,1-2H3. The zero-order valence-electron chi connectivity index (χ0n) is 10.3. The molecule has 0 aliphatic heterocycles. The van der Waals surface area contributed by atoms with Crippen molar-refractivity contribution in [3.63, 3.8) is 0 Å². The minimum atomic E-state index is 0.872. The lowest BCUT2D eigenvalue weighted by molar-refractivity contribution is 0.982. The predicted octanol–water partition coefficient (Wildman–Crippen LogP) is 5.07. The fraction of sp³-hybridized carbons (Fsp3) is 0.214. The summed E-state index contributed by atoms with van der Waals surface area (Å²) in [5, 5.41) is 0. The van der Waals surface area contributed by atoms with Gasteiger partial charge in [-0.1, -0.05) is 12.1 Å². The van der Waals surface area contributed by atoms with E-state index in [9.17, 15) is 0 Å². The van der Waals surface area contributed by atoms with Gasteiger partial charge in [0.15, 0.2) is 0 Å². The molecule has 0 N–H and O–H groups in total. The van der Waals surface area contributed by atoms with Crippen LogP contribution in [0.1, 0.15) is 12.5 Å². The SMILES string of the molecule is CCN(c1cccc(C)c1)c1ncc(Br)cc1Br. The third-order valence-electron chi connectivity index (χ3n) is 2.67. The first kappa shape index (κ1) is 13.6. The molecule has 2 nitrogen and oxygen atoms in total. The Morgan fingerprint density at radius 2 is 2.00 bits per heavy atom. The minimum Gasteiger partial charge on any atom is -0.326 e. The average molecular weight is 370 g/mol. The molecule has 94 valence electrons. The van der Waals surface area contributed by atoms with Crippen molar-refractivity contribution in [2.24, 2.45) is 0 Å². The second kappa shape index (κ2) is 5.85. The van der Waals surface area contributed by atoms with Crippen LogP contribution in [-0.2, 0) is 0 Å². The summed E-state index contributed by atoms with van der Waals surface area (Å²) in [4.78, 5) is 6.67. The molecule has 0 bridgehead atoms. The molecule has 2 aromatic rings. The predicted molar refractivity (Wildman–Crippen MR) is 83.5 cm³/mol. The van der Waals surface area contributed by atoms with Gasteiger partial charge in [0.2, 0.25) is 0 Å². The van der Waals surface area contributed by atoms with Crippen molar-refractivity contribution in [1.29, 1.82) is 0 Å². The molecule has 0 saturated heterocycles. The quantitative estimate of drug-likeness (QED) is 0.750. The van der Waals surface area contributed by atoms with Gasteiger partial charge in [-0.25, -0.2) is 4.98 Å². The van der Waals surface area contributed by atoms with E-state index in [4.69, 9.17) is 0 Å². The summed E-state index contributed by atoms with van der Waals surface area (Å²) in [6, 6.07) is 10.5. The van der Waals surface area contributed by atoms with Gasteiger partial charge in [-0.15, -0.1) is 0 Å². The molecule has 1 aromatic heterocycles. The normalized spacial score (nSPS) is 10.4. The Bertz CT molecular complexity index is 555. The highest BCUT2D eigenvalue weighted by Gasteiger charge is 2.12. The molecule has 18 heavy (non-hydrogen) atoms. The van der Waals surface area contributed by atoms with Crippen LogP contribution in [0.4, 0.5) is 11.5 Å². The highest BCUT2D eigenvalue weighted by molar-refractivity contribution is 9.11. The Morgan fingerprint density at radius 1 is 1.22 bits per heavy atom. The molecular formula is C14H14Br2N2. The van der Waals surface area contributed by atoms with Gasteiger partial charge in [0.05, 0.1) is 4.47 Å². The number of hydrogen-bond donors (Lipinski definition) is 0. The zero-order chi connectivity index (χ0) is 13.1. The molecule has 1 heterocycles. The van der Waals surface area contributed by atoms with Crippen LogP contribution < -0.4 is 4.90 Å². The molecule has 0 unspecified atom stereocenters. The van der Waals surface area contributed by atoms with Crippen molar-refractivity contribution in [3.05, 3.63) is 51.0 Å². The molecule has 4 heteroatoms. The van der Waals surface area contributed by atoms with Crippen LogP contribution in [0.15, 0.2) is 45.5 Å². The van der Waals surface area contributed by atoms with Gasteiger partial charge in [0.1, 0.15) is 5.82 Å². The first-order chi connectivity index (χ1) is 8.61. The lowest BCUT2D eigenvalue weighted by Crippen LogP contribution is -2.17. The Kier molecular flexibility index (Phi) is 4.40. The van der Waals surface area contributed by atoms with Gasteiger partial charge < -0.3 is 4.90 Å². The van der Waals surface area contributed by atoms with Gasteiger partial charge in [-0.2, -0.15) is 0 Å². The number of pyridine rings is 1. The fourth-order valence-electron chi connectivity index (χ4n) is 1.86. The first-order valence-electron chi connectivity index (χ1n) is 5.77. The number of aryl methyl sites for hydroxylation is 1. The van der Waals surface area contributed by atoms with E-state index < -0.39 is 0 Å². The van der Waals surface area contributed by atoms with Gasteiger partial charge in [-0.05, 0) is 69.5 Å². The van der Waals surface area contributed by atoms with E-state index in [1.54, 1.807) is 0 Å². The Morgan fingerprint density at radius 3 is 2.61 bits per heavy atom. The molecule has 1 aromatic carbocycles. The number of aromatic nitrogens is 1. The molecule has 0 aliphatic carbocycles. The summed E-state index contributed by atoms with van der Waals surface area (Å²) in [7, 11) is 0. The summed E-state index contributed by atoms with van der Waals surface area (Å²) in [6.07, 6.45) is 1.82. The molecule has 0 atom stereocenters. The fourth-order valence-corrected chi connectivity index (χ4v) is 3.06. The lowest BCUT2D eigenvalue weighted by Gasteiger charge is -2.23. The van der Waals surface area contributed by atoms with Crippen molar-refractivity contribution in [1.82, 2.24) is 4.98 Å². The van der Waals surface area contributed by atoms with Gasteiger partial charge in [0.25, 0.3) is 0 Å². The number of anilines is 2. The third-order valence-corrected chi connectivity index (χ3v) is 3.69. The summed E-state index contributed by atoms with van der Waals surface area (Å²) in [5.41, 5.74) is 2.41. The number of nitrogens with zero attached hydrogens (tertiary/aromatic N) is 2. The zero-order valence-corrected chi connectivity index (χ0v) is 13.5. The van der Waals surface area contributed by atoms with Crippen LogP contribution in [0.25, 0.3) is 0 Å². The molecule has 0 amide bonds. The Balaban J connectivity index is 2.45. The molecule has 2 rings (SSSR count). The van der Waals surface area contributed by atoms with Crippen molar-refractivity contribution in [2.75, 3.05) is 11.4 Å². The van der Waals surface area contributed by atoms with Crippen molar-refractivity contribution in [3.8, 4) is 0 Å². The first-order valence-corrected chi connectivity index (χ1v) is 7.35. The molecule has 0 spiro atoms. The number of hydrogen-bond acceptors (Lipinski definition) is 2. The Hall–Kier alpha value is -0.870. The van der Waals surface area contributed by atoms with E-state index in [1.807, 2.05) is 12.3 Å². The number of benzene rings is 1. The van der Waals surface area contributed by atoms with E-state index in [1.165, 1.54) is 5.56 Å². The van der Waals surface area contributed by atoms with Crippen LogP contribution in [0, 0.1) is 6.92 Å². The van der Waals surface area contributed by atoms with Crippen LogP contribution in [0.3, 0.4) is 0 Å². The number of rotatable bonds is 3. The van der Waals surface area contributed by atoms with E-state index in [0.717, 1.165) is 27.0 Å². The highest BCUT2D eigenvalue weighted by atomic mass is 79.9. The summed E-state index contributed by atoms with van der Waals surface area (Å²) >= 11 is 6.99. The molecule has 0 fully saturated rings. The maximum atomic E-state index is 4.49. The molecule has 0 saturated carbocycles. The van der Waals surface area contributed by atoms with Gasteiger partial charge in [-0.3, -0.25) is 0 Å². The number of halogens is 2. The van der Waals surface area contributed by atoms with Crippen LogP contribution in [0.2, 0.25) is 0 Å². The Labute approximate surface area is 124 Å². The summed E-state index contributed by atoms with van der Waals surface area (Å²) < 4.78 is 1.96. The van der Waals surface area contributed by atoms with Crippen molar-refractivity contribution >= 4 is 43.4 Å². The molecule has 0 aliphatic rings. The second-order valence-corrected chi connectivity index (χ2v) is 5.81. The third kappa shape index (κ3) is 2.93. The molecule has 0 radical (unpaired) electrons. The van der Waals surface area contributed by atoms with E-state index in [-0.39, 0.29) is 0 Å². The largest absolute Gasteiger partial charge is 0.326 e. The van der Waals surface area contributed by atoms with E-state index >= 15 is 0 Å². The minimum absolute atomic E-state index is 0.872. The van der Waals surface area contributed by atoms with Crippen molar-refractivity contribution < 1.29 is 0 Å². The monoisotopic (exact) mass is 368 g/mol. The second-order valence-electron chi connectivity index (χ2n) is 4.04. The van der Waals surface area contributed by atoms with Crippen molar-refractivity contribution in [2.45, 2.75) is 13.8 Å². The van der Waals surface area contributed by atoms with Crippen LogP contribution in [-0.4, -0.2) is 11.5 Å². The van der Waals surface area contributed by atoms with Gasteiger partial charge >= 0.3 is 0 Å². The topological polar surface area (TPSA) is 16.1 Å². The highest BCUT2D eigenvalue weighted by Crippen LogP contribution is 2.31. The summed E-state index contributed by atoms with van der Waals surface area (Å²) in [6.45, 7) is 5.09. The van der Waals surface area contributed by atoms with Crippen LogP contribution in [0.5, 0.6) is 0 Å². The molecular weight excluding hydrogens is 356 g/mol. The van der Waals surface area contributed by atoms with Gasteiger partial charge in [0, 0.05) is 22.9 Å². The maximum Gasteiger partial charge on any atom is 0.147 e. The van der Waals surface area contributed by atoms with Crippen LogP contribution >= 0.6 is 31.9 Å². The maximum absolute atomic E-state index is 4.49. The van der Waals surface area contributed by atoms with E-state index in [2.05, 4.69) is 79.9 Å².